The molecule has 0 atom stereocenters. The zero-order chi connectivity index (χ0) is 16.8. The van der Waals surface area contributed by atoms with E-state index < -0.39 is 0 Å². The summed E-state index contributed by atoms with van der Waals surface area (Å²) in [7, 11) is 0. The number of hydrogen-bond donors (Lipinski definition) is 2. The molecule has 5 nitrogen and oxygen atoms in total. The summed E-state index contributed by atoms with van der Waals surface area (Å²) >= 11 is 7.24. The van der Waals surface area contributed by atoms with Crippen LogP contribution < -0.4 is 10.9 Å². The molecule has 0 aliphatic heterocycles. The quantitative estimate of drug-likeness (QED) is 0.619. The molecule has 0 fully saturated rings. The van der Waals surface area contributed by atoms with Crippen LogP contribution in [0.15, 0.2) is 40.3 Å². The number of thioether (sulfide) groups is 1. The summed E-state index contributed by atoms with van der Waals surface area (Å²) in [5, 5.41) is 3.87. The average molecular weight is 352 g/mol. The van der Waals surface area contributed by atoms with Crippen LogP contribution >= 0.6 is 23.4 Å². The molecule has 7 heteroatoms. The minimum atomic E-state index is -0.206. The third kappa shape index (κ3) is 5.41. The van der Waals surface area contributed by atoms with Gasteiger partial charge in [-0.25, -0.2) is 4.98 Å². The van der Waals surface area contributed by atoms with E-state index in [-0.39, 0.29) is 23.1 Å². The SMILES string of the molecule is CC(C)c1cc(=O)[nH]c(SCC(=O)NCc2ccccc2Cl)n1. The van der Waals surface area contributed by atoms with Crippen LogP contribution in [0.5, 0.6) is 0 Å². The zero-order valence-corrected chi connectivity index (χ0v) is 14.5. The van der Waals surface area contributed by atoms with Gasteiger partial charge in [-0.15, -0.1) is 0 Å². The average Bonchev–Trinajstić information content (AvgIpc) is 2.51. The van der Waals surface area contributed by atoms with E-state index >= 15 is 0 Å². The van der Waals surface area contributed by atoms with Crippen molar-refractivity contribution in [3.63, 3.8) is 0 Å². The number of H-pyrrole nitrogens is 1. The molecule has 2 N–H and O–H groups in total. The van der Waals surface area contributed by atoms with Crippen molar-refractivity contribution in [3.8, 4) is 0 Å². The third-order valence-electron chi connectivity index (χ3n) is 3.11. The van der Waals surface area contributed by atoms with E-state index in [1.54, 1.807) is 6.07 Å². The molecule has 1 aromatic heterocycles. The Hall–Kier alpha value is -1.79. The second kappa shape index (κ2) is 8.17. The largest absolute Gasteiger partial charge is 0.351 e. The molecule has 0 aliphatic carbocycles. The van der Waals surface area contributed by atoms with Crippen molar-refractivity contribution in [1.29, 1.82) is 0 Å². The fraction of sp³-hybridized carbons (Fsp3) is 0.312. The molecule has 1 amide bonds. The van der Waals surface area contributed by atoms with Crippen LogP contribution in [0, 0.1) is 0 Å². The fourth-order valence-corrected chi connectivity index (χ4v) is 2.75. The minimum absolute atomic E-state index is 0.146. The predicted octanol–water partition coefficient (Wildman–Crippen LogP) is 2.96. The van der Waals surface area contributed by atoms with Crippen LogP contribution in [-0.4, -0.2) is 21.6 Å². The number of benzene rings is 1. The third-order valence-corrected chi connectivity index (χ3v) is 4.35. The number of halogens is 1. The number of aromatic nitrogens is 2. The van der Waals surface area contributed by atoms with E-state index in [0.29, 0.717) is 22.4 Å². The van der Waals surface area contributed by atoms with Crippen LogP contribution in [0.3, 0.4) is 0 Å². The molecular formula is C16H18ClN3O2S. The Bertz CT molecular complexity index is 746. The van der Waals surface area contributed by atoms with Gasteiger partial charge >= 0.3 is 0 Å². The van der Waals surface area contributed by atoms with Crippen LogP contribution in [0.2, 0.25) is 5.02 Å². The van der Waals surface area contributed by atoms with Gasteiger partial charge < -0.3 is 10.3 Å². The van der Waals surface area contributed by atoms with Gasteiger partial charge in [0.05, 0.1) is 11.4 Å². The number of amides is 1. The van der Waals surface area contributed by atoms with Gasteiger partial charge in [0.1, 0.15) is 0 Å². The van der Waals surface area contributed by atoms with E-state index in [1.165, 1.54) is 17.8 Å². The van der Waals surface area contributed by atoms with Crippen molar-refractivity contribution < 1.29 is 4.79 Å². The van der Waals surface area contributed by atoms with Gasteiger partial charge in [0.15, 0.2) is 5.16 Å². The second-order valence-electron chi connectivity index (χ2n) is 5.29. The number of rotatable bonds is 6. The number of nitrogens with one attached hydrogen (secondary N) is 2. The van der Waals surface area contributed by atoms with Crippen molar-refractivity contribution in [3.05, 3.63) is 57.0 Å². The lowest BCUT2D eigenvalue weighted by molar-refractivity contribution is -0.118. The summed E-state index contributed by atoms with van der Waals surface area (Å²) in [5.41, 5.74) is 1.37. The van der Waals surface area contributed by atoms with E-state index in [2.05, 4.69) is 15.3 Å². The summed E-state index contributed by atoms with van der Waals surface area (Å²) < 4.78 is 0. The van der Waals surface area contributed by atoms with Crippen molar-refractivity contribution in [2.24, 2.45) is 0 Å². The topological polar surface area (TPSA) is 74.8 Å². The molecule has 0 radical (unpaired) electrons. The second-order valence-corrected chi connectivity index (χ2v) is 6.66. The van der Waals surface area contributed by atoms with Gasteiger partial charge in [0.2, 0.25) is 5.91 Å². The molecule has 0 unspecified atom stereocenters. The minimum Gasteiger partial charge on any atom is -0.351 e. The molecule has 122 valence electrons. The Balaban J connectivity index is 1.90. The lowest BCUT2D eigenvalue weighted by Crippen LogP contribution is -2.25. The molecule has 0 aliphatic rings. The summed E-state index contributed by atoms with van der Waals surface area (Å²) in [6.45, 7) is 4.30. The van der Waals surface area contributed by atoms with Gasteiger partial charge in [0, 0.05) is 17.6 Å². The zero-order valence-electron chi connectivity index (χ0n) is 12.9. The molecule has 0 saturated heterocycles. The maximum Gasteiger partial charge on any atom is 0.251 e. The molecule has 2 rings (SSSR count). The molecular weight excluding hydrogens is 334 g/mol. The number of aromatic amines is 1. The van der Waals surface area contributed by atoms with Crippen molar-refractivity contribution in [2.75, 3.05) is 5.75 Å². The first-order valence-corrected chi connectivity index (χ1v) is 8.56. The monoisotopic (exact) mass is 351 g/mol. The normalized spacial score (nSPS) is 10.8. The Morgan fingerprint density at radius 1 is 1.39 bits per heavy atom. The molecule has 1 aromatic carbocycles. The van der Waals surface area contributed by atoms with Crippen LogP contribution in [0.25, 0.3) is 0 Å². The first kappa shape index (κ1) is 17.6. The highest BCUT2D eigenvalue weighted by atomic mass is 35.5. The fourth-order valence-electron chi connectivity index (χ4n) is 1.84. The predicted molar refractivity (Wildman–Crippen MR) is 93.0 cm³/mol. The highest BCUT2D eigenvalue weighted by Gasteiger charge is 2.09. The first-order valence-electron chi connectivity index (χ1n) is 7.20. The van der Waals surface area contributed by atoms with E-state index in [9.17, 15) is 9.59 Å². The van der Waals surface area contributed by atoms with Gasteiger partial charge in [0.25, 0.3) is 5.56 Å². The molecule has 2 aromatic rings. The van der Waals surface area contributed by atoms with E-state index in [1.807, 2.05) is 32.0 Å². The Kier molecular flexibility index (Phi) is 6.24. The summed E-state index contributed by atoms with van der Waals surface area (Å²) in [4.78, 5) is 30.5. The van der Waals surface area contributed by atoms with Gasteiger partial charge in [-0.05, 0) is 17.5 Å². The lowest BCUT2D eigenvalue weighted by Gasteiger charge is -2.08. The van der Waals surface area contributed by atoms with Crippen molar-refractivity contribution >= 4 is 29.3 Å². The first-order chi connectivity index (χ1) is 11.0. The Morgan fingerprint density at radius 2 is 2.13 bits per heavy atom. The molecule has 0 saturated carbocycles. The standard InChI is InChI=1S/C16H18ClN3O2S/c1-10(2)13-7-14(21)20-16(19-13)23-9-15(22)18-8-11-5-3-4-6-12(11)17/h3-7,10H,8-9H2,1-2H3,(H,18,22)(H,19,20,21). The van der Waals surface area contributed by atoms with E-state index in [4.69, 9.17) is 11.6 Å². The lowest BCUT2D eigenvalue weighted by atomic mass is 10.1. The van der Waals surface area contributed by atoms with E-state index in [0.717, 1.165) is 5.56 Å². The number of nitrogens with zero attached hydrogens (tertiary/aromatic N) is 1. The number of hydrogen-bond acceptors (Lipinski definition) is 4. The van der Waals surface area contributed by atoms with Crippen LogP contribution in [-0.2, 0) is 11.3 Å². The Labute approximate surface area is 143 Å². The van der Waals surface area contributed by atoms with Gasteiger partial charge in [-0.2, -0.15) is 0 Å². The molecule has 1 heterocycles. The van der Waals surface area contributed by atoms with Crippen molar-refractivity contribution in [2.45, 2.75) is 31.5 Å². The Morgan fingerprint density at radius 3 is 2.83 bits per heavy atom. The molecule has 0 bridgehead atoms. The number of carbonyl (C=O) groups is 1. The maximum absolute atomic E-state index is 11.9. The maximum atomic E-state index is 11.9. The van der Waals surface area contributed by atoms with Gasteiger partial charge in [-0.3, -0.25) is 9.59 Å². The number of carbonyl (C=O) groups excluding carboxylic acids is 1. The van der Waals surface area contributed by atoms with Crippen LogP contribution in [0.1, 0.15) is 31.0 Å². The summed E-state index contributed by atoms with van der Waals surface area (Å²) in [6, 6.07) is 8.83. The summed E-state index contributed by atoms with van der Waals surface area (Å²) in [6.07, 6.45) is 0. The highest BCUT2D eigenvalue weighted by molar-refractivity contribution is 7.99. The summed E-state index contributed by atoms with van der Waals surface area (Å²) in [5.74, 6) is 0.188. The van der Waals surface area contributed by atoms with Gasteiger partial charge in [-0.1, -0.05) is 55.4 Å². The van der Waals surface area contributed by atoms with Crippen LogP contribution in [0.4, 0.5) is 0 Å². The highest BCUT2D eigenvalue weighted by Crippen LogP contribution is 2.16. The smallest absolute Gasteiger partial charge is 0.251 e. The molecule has 0 spiro atoms. The molecule has 23 heavy (non-hydrogen) atoms. The van der Waals surface area contributed by atoms with Crippen molar-refractivity contribution in [1.82, 2.24) is 15.3 Å².